The normalized spacial score (nSPS) is 19.1. The Balaban J connectivity index is 1.96. The molecule has 0 saturated heterocycles. The lowest BCUT2D eigenvalue weighted by molar-refractivity contribution is 0.0531. The first-order valence-corrected chi connectivity index (χ1v) is 7.52. The van der Waals surface area contributed by atoms with Crippen molar-refractivity contribution >= 4 is 23.1 Å². The molecule has 2 aliphatic rings. The van der Waals surface area contributed by atoms with Crippen molar-refractivity contribution in [3.05, 3.63) is 22.2 Å². The van der Waals surface area contributed by atoms with Crippen molar-refractivity contribution in [3.63, 3.8) is 0 Å². The first-order chi connectivity index (χ1) is 9.31. The molecule has 0 unspecified atom stereocenters. The molecular weight excluding hydrogens is 262 g/mol. The molecule has 0 aromatic carbocycles. The number of esters is 1. The van der Waals surface area contributed by atoms with E-state index in [2.05, 4.69) is 10.4 Å². The summed E-state index contributed by atoms with van der Waals surface area (Å²) in [5.41, 5.74) is 3.19. The van der Waals surface area contributed by atoms with Gasteiger partial charge in [-0.25, -0.2) is 4.79 Å². The molecule has 1 aliphatic heterocycles. The van der Waals surface area contributed by atoms with E-state index in [0.29, 0.717) is 24.0 Å². The highest BCUT2D eigenvalue weighted by Gasteiger charge is 2.34. The van der Waals surface area contributed by atoms with Crippen LogP contribution < -0.4 is 0 Å². The fraction of sp³-hybridized carbons (Fsp3) is 0.571. The van der Waals surface area contributed by atoms with Gasteiger partial charge in [-0.1, -0.05) is 6.08 Å². The van der Waals surface area contributed by atoms with E-state index in [0.717, 1.165) is 42.7 Å². The number of rotatable bonds is 4. The van der Waals surface area contributed by atoms with E-state index in [4.69, 9.17) is 9.47 Å². The van der Waals surface area contributed by atoms with Gasteiger partial charge >= 0.3 is 5.97 Å². The van der Waals surface area contributed by atoms with Crippen LogP contribution in [0.5, 0.6) is 0 Å². The molecule has 1 aromatic rings. The Morgan fingerprint density at radius 3 is 3.05 bits per heavy atom. The van der Waals surface area contributed by atoms with Crippen LogP contribution in [0.25, 0.3) is 5.57 Å². The number of nitrogens with zero attached hydrogens (tertiary/aromatic N) is 1. The highest BCUT2D eigenvalue weighted by Crippen LogP contribution is 2.46. The lowest BCUT2D eigenvalue weighted by Crippen LogP contribution is -2.09. The third-order valence-corrected chi connectivity index (χ3v) is 4.23. The first kappa shape index (κ1) is 12.8. The van der Waals surface area contributed by atoms with Crippen LogP contribution in [0.3, 0.4) is 0 Å². The zero-order valence-corrected chi connectivity index (χ0v) is 11.8. The van der Waals surface area contributed by atoms with E-state index < -0.39 is 0 Å². The van der Waals surface area contributed by atoms with E-state index in [1.807, 2.05) is 6.92 Å². The van der Waals surface area contributed by atoms with Crippen molar-refractivity contribution in [3.8, 4) is 0 Å². The standard InChI is InChI=1S/C14H17NO3S/c1-2-18-14(16)13-11(9-5-6-9)12(15-19-13)10-4-3-7-17-8-10/h4,9H,2-3,5-8H2,1H3. The maximum absolute atomic E-state index is 12.0. The minimum absolute atomic E-state index is 0.231. The maximum atomic E-state index is 12.0. The summed E-state index contributed by atoms with van der Waals surface area (Å²) in [5, 5.41) is 0. The fourth-order valence-electron chi connectivity index (χ4n) is 2.35. The van der Waals surface area contributed by atoms with Crippen LogP contribution in [0.15, 0.2) is 6.08 Å². The Kier molecular flexibility index (Phi) is 3.66. The van der Waals surface area contributed by atoms with Gasteiger partial charge in [0.25, 0.3) is 0 Å². The number of carbonyl (C=O) groups is 1. The molecule has 0 radical (unpaired) electrons. The van der Waals surface area contributed by atoms with Crippen molar-refractivity contribution in [2.45, 2.75) is 32.1 Å². The van der Waals surface area contributed by atoms with Crippen LogP contribution >= 0.6 is 11.5 Å². The number of hydrogen-bond donors (Lipinski definition) is 0. The highest BCUT2D eigenvalue weighted by molar-refractivity contribution is 7.08. The quantitative estimate of drug-likeness (QED) is 0.795. The van der Waals surface area contributed by atoms with Crippen LogP contribution in [-0.4, -0.2) is 30.2 Å². The lowest BCUT2D eigenvalue weighted by atomic mass is 10.0. The topological polar surface area (TPSA) is 48.4 Å². The average Bonchev–Trinajstić information content (AvgIpc) is 3.18. The monoisotopic (exact) mass is 279 g/mol. The Bertz CT molecular complexity index is 517. The number of hydrogen-bond acceptors (Lipinski definition) is 5. The molecule has 19 heavy (non-hydrogen) atoms. The van der Waals surface area contributed by atoms with Gasteiger partial charge in [0, 0.05) is 11.1 Å². The zero-order valence-electron chi connectivity index (χ0n) is 11.0. The Hall–Kier alpha value is -1.20. The van der Waals surface area contributed by atoms with Gasteiger partial charge in [-0.05, 0) is 43.6 Å². The third-order valence-electron chi connectivity index (χ3n) is 3.39. The van der Waals surface area contributed by atoms with Crippen molar-refractivity contribution in [1.29, 1.82) is 0 Å². The molecule has 1 aromatic heterocycles. The molecule has 1 saturated carbocycles. The van der Waals surface area contributed by atoms with E-state index in [1.165, 1.54) is 11.5 Å². The summed E-state index contributed by atoms with van der Waals surface area (Å²) < 4.78 is 15.1. The highest BCUT2D eigenvalue weighted by atomic mass is 32.1. The number of ether oxygens (including phenoxy) is 2. The summed E-state index contributed by atoms with van der Waals surface area (Å²) >= 11 is 1.27. The molecule has 1 fully saturated rings. The van der Waals surface area contributed by atoms with Crippen LogP contribution in [0.1, 0.15) is 53.0 Å². The Morgan fingerprint density at radius 1 is 1.58 bits per heavy atom. The second kappa shape index (κ2) is 5.43. The zero-order chi connectivity index (χ0) is 13.2. The van der Waals surface area contributed by atoms with Crippen LogP contribution in [0, 0.1) is 0 Å². The third kappa shape index (κ3) is 2.58. The molecule has 1 aliphatic carbocycles. The molecule has 0 N–H and O–H groups in total. The molecular formula is C14H17NO3S. The van der Waals surface area contributed by atoms with Crippen molar-refractivity contribution in [1.82, 2.24) is 4.37 Å². The number of aromatic nitrogens is 1. The molecule has 2 heterocycles. The van der Waals surface area contributed by atoms with Gasteiger partial charge in [0.15, 0.2) is 0 Å². The molecule has 0 atom stereocenters. The molecule has 102 valence electrons. The van der Waals surface area contributed by atoms with Gasteiger partial charge in [0.1, 0.15) is 4.88 Å². The summed E-state index contributed by atoms with van der Waals surface area (Å²) in [6, 6.07) is 0. The SMILES string of the molecule is CCOC(=O)c1snc(C2=CCCOC2)c1C1CC1. The van der Waals surface area contributed by atoms with Crippen LogP contribution in [0.2, 0.25) is 0 Å². The Labute approximate surface area is 116 Å². The summed E-state index contributed by atoms with van der Waals surface area (Å²) in [4.78, 5) is 12.7. The lowest BCUT2D eigenvalue weighted by Gasteiger charge is -2.13. The average molecular weight is 279 g/mol. The van der Waals surface area contributed by atoms with E-state index >= 15 is 0 Å². The summed E-state index contributed by atoms with van der Waals surface area (Å²) in [7, 11) is 0. The molecule has 0 spiro atoms. The van der Waals surface area contributed by atoms with Crippen molar-refractivity contribution in [2.75, 3.05) is 19.8 Å². The minimum Gasteiger partial charge on any atom is -0.462 e. The Morgan fingerprint density at radius 2 is 2.42 bits per heavy atom. The van der Waals surface area contributed by atoms with Gasteiger partial charge in [-0.2, -0.15) is 4.37 Å². The molecule has 4 nitrogen and oxygen atoms in total. The van der Waals surface area contributed by atoms with E-state index in [1.54, 1.807) is 0 Å². The predicted octanol–water partition coefficient (Wildman–Crippen LogP) is 3.00. The minimum atomic E-state index is -0.231. The molecule has 0 amide bonds. The van der Waals surface area contributed by atoms with Gasteiger partial charge in [-0.15, -0.1) is 0 Å². The summed E-state index contributed by atoms with van der Waals surface area (Å²) in [6.45, 7) is 3.61. The van der Waals surface area contributed by atoms with Gasteiger partial charge < -0.3 is 9.47 Å². The van der Waals surface area contributed by atoms with Gasteiger partial charge in [0.2, 0.25) is 0 Å². The van der Waals surface area contributed by atoms with Gasteiger partial charge in [-0.3, -0.25) is 0 Å². The van der Waals surface area contributed by atoms with Crippen LogP contribution in [0.4, 0.5) is 0 Å². The largest absolute Gasteiger partial charge is 0.462 e. The summed E-state index contributed by atoms with van der Waals surface area (Å²) in [6.07, 6.45) is 5.39. The van der Waals surface area contributed by atoms with Crippen molar-refractivity contribution in [2.24, 2.45) is 0 Å². The fourth-order valence-corrected chi connectivity index (χ4v) is 3.24. The first-order valence-electron chi connectivity index (χ1n) is 6.75. The van der Waals surface area contributed by atoms with Crippen molar-refractivity contribution < 1.29 is 14.3 Å². The molecule has 0 bridgehead atoms. The maximum Gasteiger partial charge on any atom is 0.350 e. The predicted molar refractivity (Wildman–Crippen MR) is 73.5 cm³/mol. The second-order valence-electron chi connectivity index (χ2n) is 4.84. The second-order valence-corrected chi connectivity index (χ2v) is 5.61. The van der Waals surface area contributed by atoms with Gasteiger partial charge in [0.05, 0.1) is 25.5 Å². The summed E-state index contributed by atoms with van der Waals surface area (Å²) in [5.74, 6) is 0.251. The van der Waals surface area contributed by atoms with E-state index in [-0.39, 0.29) is 5.97 Å². The molecule has 3 rings (SSSR count). The van der Waals surface area contributed by atoms with E-state index in [9.17, 15) is 4.79 Å². The molecule has 5 heteroatoms. The van der Waals surface area contributed by atoms with Crippen LogP contribution in [-0.2, 0) is 9.47 Å². The number of carbonyl (C=O) groups excluding carboxylic acids is 1. The smallest absolute Gasteiger partial charge is 0.350 e.